The van der Waals surface area contributed by atoms with Crippen LogP contribution in [0, 0.1) is 0 Å². The van der Waals surface area contributed by atoms with Crippen molar-refractivity contribution < 1.29 is 9.53 Å². The SMILES string of the molecule is CCCC=CCCCC(=O)OCCCC. The minimum atomic E-state index is -0.0488. The van der Waals surface area contributed by atoms with Crippen LogP contribution in [0.25, 0.3) is 0 Å². The molecule has 0 aliphatic carbocycles. The number of hydrogen-bond donors (Lipinski definition) is 0. The van der Waals surface area contributed by atoms with Crippen LogP contribution >= 0.6 is 0 Å². The van der Waals surface area contributed by atoms with Crippen molar-refractivity contribution in [3.05, 3.63) is 12.2 Å². The van der Waals surface area contributed by atoms with Crippen LogP contribution in [-0.4, -0.2) is 12.6 Å². The van der Waals surface area contributed by atoms with Crippen LogP contribution in [0.4, 0.5) is 0 Å². The van der Waals surface area contributed by atoms with E-state index in [1.165, 1.54) is 6.42 Å². The number of allylic oxidation sites excluding steroid dienone is 2. The van der Waals surface area contributed by atoms with Gasteiger partial charge in [0, 0.05) is 6.42 Å². The monoisotopic (exact) mass is 212 g/mol. The zero-order valence-electron chi connectivity index (χ0n) is 10.1. The minimum Gasteiger partial charge on any atom is -0.466 e. The Morgan fingerprint density at radius 1 is 1.07 bits per heavy atom. The van der Waals surface area contributed by atoms with Crippen molar-refractivity contribution in [2.75, 3.05) is 6.61 Å². The van der Waals surface area contributed by atoms with E-state index in [2.05, 4.69) is 26.0 Å². The van der Waals surface area contributed by atoms with Crippen LogP contribution in [-0.2, 0) is 9.53 Å². The van der Waals surface area contributed by atoms with Gasteiger partial charge in [-0.05, 0) is 25.7 Å². The van der Waals surface area contributed by atoms with E-state index in [0.29, 0.717) is 13.0 Å². The molecule has 0 aromatic heterocycles. The normalized spacial score (nSPS) is 10.8. The van der Waals surface area contributed by atoms with Crippen LogP contribution in [0.2, 0.25) is 0 Å². The molecule has 2 nitrogen and oxygen atoms in total. The van der Waals surface area contributed by atoms with E-state index in [-0.39, 0.29) is 5.97 Å². The summed E-state index contributed by atoms with van der Waals surface area (Å²) in [4.78, 5) is 11.2. The van der Waals surface area contributed by atoms with Gasteiger partial charge in [-0.3, -0.25) is 4.79 Å². The second-order valence-electron chi connectivity index (χ2n) is 3.73. The predicted octanol–water partition coefficient (Wildman–Crippen LogP) is 3.86. The maximum Gasteiger partial charge on any atom is 0.305 e. The van der Waals surface area contributed by atoms with Crippen LogP contribution in [0.5, 0.6) is 0 Å². The molecule has 0 atom stereocenters. The highest BCUT2D eigenvalue weighted by atomic mass is 16.5. The van der Waals surface area contributed by atoms with Crippen molar-refractivity contribution in [2.45, 2.75) is 58.8 Å². The molecule has 0 heterocycles. The van der Waals surface area contributed by atoms with E-state index in [9.17, 15) is 4.79 Å². The fraction of sp³-hybridized carbons (Fsp3) is 0.769. The Bertz CT molecular complexity index is 173. The highest BCUT2D eigenvalue weighted by Gasteiger charge is 2.00. The molecule has 0 saturated carbocycles. The lowest BCUT2D eigenvalue weighted by molar-refractivity contribution is -0.143. The molecule has 0 aromatic carbocycles. The molecule has 0 fully saturated rings. The quantitative estimate of drug-likeness (QED) is 0.329. The summed E-state index contributed by atoms with van der Waals surface area (Å²) in [5.74, 6) is -0.0488. The van der Waals surface area contributed by atoms with Crippen molar-refractivity contribution >= 4 is 5.97 Å². The van der Waals surface area contributed by atoms with Gasteiger partial charge in [0.05, 0.1) is 6.61 Å². The maximum absolute atomic E-state index is 11.2. The highest BCUT2D eigenvalue weighted by Crippen LogP contribution is 2.01. The van der Waals surface area contributed by atoms with Crippen LogP contribution in [0.3, 0.4) is 0 Å². The Morgan fingerprint density at radius 2 is 1.80 bits per heavy atom. The Balaban J connectivity index is 3.23. The lowest BCUT2D eigenvalue weighted by Gasteiger charge is -2.02. The summed E-state index contributed by atoms with van der Waals surface area (Å²) in [7, 11) is 0. The summed E-state index contributed by atoms with van der Waals surface area (Å²) in [6, 6.07) is 0. The zero-order valence-corrected chi connectivity index (χ0v) is 10.1. The summed E-state index contributed by atoms with van der Waals surface area (Å²) in [5, 5.41) is 0. The Labute approximate surface area is 93.7 Å². The molecule has 2 heteroatoms. The van der Waals surface area contributed by atoms with Gasteiger partial charge in [0.2, 0.25) is 0 Å². The third kappa shape index (κ3) is 11.1. The summed E-state index contributed by atoms with van der Waals surface area (Å²) in [5.41, 5.74) is 0. The van der Waals surface area contributed by atoms with Crippen molar-refractivity contribution in [3.8, 4) is 0 Å². The second-order valence-corrected chi connectivity index (χ2v) is 3.73. The fourth-order valence-electron chi connectivity index (χ4n) is 1.17. The van der Waals surface area contributed by atoms with E-state index in [0.717, 1.165) is 32.1 Å². The molecule has 0 bridgehead atoms. The van der Waals surface area contributed by atoms with Crippen LogP contribution < -0.4 is 0 Å². The van der Waals surface area contributed by atoms with Crippen molar-refractivity contribution in [1.82, 2.24) is 0 Å². The molecular formula is C13H24O2. The number of carbonyl (C=O) groups excluding carboxylic acids is 1. The van der Waals surface area contributed by atoms with E-state index in [1.54, 1.807) is 0 Å². The molecule has 0 unspecified atom stereocenters. The molecular weight excluding hydrogens is 188 g/mol. The Morgan fingerprint density at radius 3 is 2.47 bits per heavy atom. The molecule has 0 N–H and O–H groups in total. The maximum atomic E-state index is 11.2. The van der Waals surface area contributed by atoms with Crippen molar-refractivity contribution in [2.24, 2.45) is 0 Å². The first kappa shape index (κ1) is 14.2. The van der Waals surface area contributed by atoms with Gasteiger partial charge in [0.1, 0.15) is 0 Å². The largest absolute Gasteiger partial charge is 0.466 e. The smallest absolute Gasteiger partial charge is 0.305 e. The summed E-state index contributed by atoms with van der Waals surface area (Å²) < 4.78 is 5.05. The minimum absolute atomic E-state index is 0.0488. The second kappa shape index (κ2) is 11.3. The van der Waals surface area contributed by atoms with Gasteiger partial charge < -0.3 is 4.74 Å². The Hall–Kier alpha value is -0.790. The Kier molecular flexibility index (Phi) is 10.7. The third-order valence-corrected chi connectivity index (χ3v) is 2.13. The van der Waals surface area contributed by atoms with E-state index in [4.69, 9.17) is 4.74 Å². The number of ether oxygens (including phenoxy) is 1. The number of hydrogen-bond acceptors (Lipinski definition) is 2. The lowest BCUT2D eigenvalue weighted by atomic mass is 10.2. The van der Waals surface area contributed by atoms with E-state index in [1.807, 2.05) is 0 Å². The van der Waals surface area contributed by atoms with E-state index < -0.39 is 0 Å². The first-order valence-corrected chi connectivity index (χ1v) is 6.11. The highest BCUT2D eigenvalue weighted by molar-refractivity contribution is 5.69. The predicted molar refractivity (Wildman–Crippen MR) is 63.8 cm³/mol. The molecule has 88 valence electrons. The summed E-state index contributed by atoms with van der Waals surface area (Å²) in [6.45, 7) is 4.84. The lowest BCUT2D eigenvalue weighted by Crippen LogP contribution is -2.04. The van der Waals surface area contributed by atoms with E-state index >= 15 is 0 Å². The van der Waals surface area contributed by atoms with Gasteiger partial charge >= 0.3 is 5.97 Å². The van der Waals surface area contributed by atoms with Crippen molar-refractivity contribution in [1.29, 1.82) is 0 Å². The molecule has 0 saturated heterocycles. The van der Waals surface area contributed by atoms with Gasteiger partial charge in [-0.1, -0.05) is 38.8 Å². The average Bonchev–Trinajstić information content (AvgIpc) is 2.23. The molecule has 0 radical (unpaired) electrons. The molecule has 15 heavy (non-hydrogen) atoms. The standard InChI is InChI=1S/C13H24O2/c1-3-5-7-8-9-10-11-13(14)15-12-6-4-2/h7-8H,3-6,9-12H2,1-2H3. The molecule has 0 aliphatic rings. The number of unbranched alkanes of at least 4 members (excludes halogenated alkanes) is 3. The van der Waals surface area contributed by atoms with Crippen molar-refractivity contribution in [3.63, 3.8) is 0 Å². The fourth-order valence-corrected chi connectivity index (χ4v) is 1.17. The third-order valence-electron chi connectivity index (χ3n) is 2.13. The van der Waals surface area contributed by atoms with Crippen LogP contribution in [0.1, 0.15) is 58.8 Å². The number of carbonyl (C=O) groups is 1. The molecule has 0 aromatic rings. The van der Waals surface area contributed by atoms with Gasteiger partial charge in [0.25, 0.3) is 0 Å². The van der Waals surface area contributed by atoms with Gasteiger partial charge in [0.15, 0.2) is 0 Å². The summed E-state index contributed by atoms with van der Waals surface area (Å²) in [6.07, 6.45) is 11.2. The first-order chi connectivity index (χ1) is 7.31. The molecule has 0 rings (SSSR count). The number of esters is 1. The van der Waals surface area contributed by atoms with Gasteiger partial charge in [-0.2, -0.15) is 0 Å². The zero-order chi connectivity index (χ0) is 11.4. The molecule has 0 amide bonds. The first-order valence-electron chi connectivity index (χ1n) is 6.11. The van der Waals surface area contributed by atoms with Gasteiger partial charge in [-0.25, -0.2) is 0 Å². The number of rotatable bonds is 9. The van der Waals surface area contributed by atoms with Crippen LogP contribution in [0.15, 0.2) is 12.2 Å². The summed E-state index contributed by atoms with van der Waals surface area (Å²) >= 11 is 0. The molecule has 0 aliphatic heterocycles. The molecule has 0 spiro atoms. The average molecular weight is 212 g/mol. The topological polar surface area (TPSA) is 26.3 Å². The van der Waals surface area contributed by atoms with Gasteiger partial charge in [-0.15, -0.1) is 0 Å².